The molecule has 0 radical (unpaired) electrons. The normalized spacial score (nSPS) is 11.2. The molecule has 0 saturated heterocycles. The molecule has 2 aromatic carbocycles. The highest BCUT2D eigenvalue weighted by Crippen LogP contribution is 2.26. The van der Waals surface area contributed by atoms with Crippen LogP contribution < -0.4 is 10.1 Å². The topological polar surface area (TPSA) is 54.5 Å². The molecule has 0 atom stereocenters. The van der Waals surface area contributed by atoms with Gasteiger partial charge < -0.3 is 15.0 Å². The van der Waals surface area contributed by atoms with Crippen molar-refractivity contribution >= 4 is 28.1 Å². The van der Waals surface area contributed by atoms with Crippen LogP contribution in [-0.4, -0.2) is 28.5 Å². The third-order valence-electron chi connectivity index (χ3n) is 4.34. The summed E-state index contributed by atoms with van der Waals surface area (Å²) in [6.07, 6.45) is 0. The van der Waals surface area contributed by atoms with Crippen molar-refractivity contribution in [1.29, 1.82) is 0 Å². The first-order chi connectivity index (χ1) is 13.9. The number of amides is 2. The zero-order valence-electron chi connectivity index (χ0n) is 17.5. The van der Waals surface area contributed by atoms with E-state index in [4.69, 9.17) is 4.74 Å². The van der Waals surface area contributed by atoms with E-state index in [1.54, 1.807) is 11.3 Å². The van der Waals surface area contributed by atoms with Gasteiger partial charge in [0, 0.05) is 23.4 Å². The second kappa shape index (κ2) is 9.74. The minimum absolute atomic E-state index is 0.0461. The zero-order valence-corrected chi connectivity index (χ0v) is 18.3. The lowest BCUT2D eigenvalue weighted by Crippen LogP contribution is -2.44. The molecule has 0 bridgehead atoms. The van der Waals surface area contributed by atoms with E-state index in [0.29, 0.717) is 25.6 Å². The third-order valence-corrected chi connectivity index (χ3v) is 5.21. The van der Waals surface area contributed by atoms with Crippen molar-refractivity contribution in [3.63, 3.8) is 0 Å². The van der Waals surface area contributed by atoms with Crippen LogP contribution in [0, 0.1) is 5.92 Å². The smallest absolute Gasteiger partial charge is 0.317 e. The molecule has 29 heavy (non-hydrogen) atoms. The Hall–Kier alpha value is -2.60. The van der Waals surface area contributed by atoms with Crippen LogP contribution in [0.15, 0.2) is 47.8 Å². The fraction of sp³-hybridized carbons (Fsp3) is 0.391. The Morgan fingerprint density at radius 1 is 1.14 bits per heavy atom. The quantitative estimate of drug-likeness (QED) is 0.536. The predicted octanol–water partition coefficient (Wildman–Crippen LogP) is 5.45. The monoisotopic (exact) mass is 411 g/mol. The Kier molecular flexibility index (Phi) is 7.09. The van der Waals surface area contributed by atoms with Crippen LogP contribution in [0.4, 0.5) is 4.79 Å². The number of ether oxygens (including phenoxy) is 1. The molecule has 3 aromatic rings. The molecule has 0 aliphatic heterocycles. The summed E-state index contributed by atoms with van der Waals surface area (Å²) >= 11 is 1.57. The highest BCUT2D eigenvalue weighted by molar-refractivity contribution is 7.09. The van der Waals surface area contributed by atoms with E-state index in [2.05, 4.69) is 42.3 Å². The molecule has 1 N–H and O–H groups in total. The number of carbonyl (C=O) groups is 1. The second-order valence-electron chi connectivity index (χ2n) is 7.88. The first-order valence-corrected chi connectivity index (χ1v) is 10.9. The van der Waals surface area contributed by atoms with Gasteiger partial charge in [-0.15, -0.1) is 11.3 Å². The SMILES string of the molecule is CC(C)CN(Cc1csc(COc2cccc3ccccc23)n1)C(=O)NC(C)C. The van der Waals surface area contributed by atoms with E-state index in [-0.39, 0.29) is 12.1 Å². The molecule has 1 heterocycles. The Morgan fingerprint density at radius 3 is 2.66 bits per heavy atom. The van der Waals surface area contributed by atoms with Crippen LogP contribution in [0.2, 0.25) is 0 Å². The van der Waals surface area contributed by atoms with E-state index in [9.17, 15) is 4.79 Å². The molecule has 0 aliphatic carbocycles. The summed E-state index contributed by atoms with van der Waals surface area (Å²) in [5, 5.41) is 8.15. The van der Waals surface area contributed by atoms with Crippen LogP contribution in [0.5, 0.6) is 5.75 Å². The number of hydrogen-bond donors (Lipinski definition) is 1. The van der Waals surface area contributed by atoms with Crippen LogP contribution in [0.3, 0.4) is 0 Å². The molecular formula is C23H29N3O2S. The van der Waals surface area contributed by atoms with E-state index in [0.717, 1.165) is 27.2 Å². The van der Waals surface area contributed by atoms with Crippen molar-refractivity contribution in [3.05, 3.63) is 58.5 Å². The largest absolute Gasteiger partial charge is 0.486 e. The van der Waals surface area contributed by atoms with Crippen molar-refractivity contribution in [3.8, 4) is 5.75 Å². The van der Waals surface area contributed by atoms with Crippen LogP contribution in [0.25, 0.3) is 10.8 Å². The summed E-state index contributed by atoms with van der Waals surface area (Å²) in [6, 6.07) is 14.3. The average molecular weight is 412 g/mol. The van der Waals surface area contributed by atoms with Crippen LogP contribution in [-0.2, 0) is 13.2 Å². The van der Waals surface area contributed by atoms with Gasteiger partial charge in [0.05, 0.1) is 12.2 Å². The van der Waals surface area contributed by atoms with Gasteiger partial charge in [-0.1, -0.05) is 50.2 Å². The Bertz CT molecular complexity index is 947. The van der Waals surface area contributed by atoms with Gasteiger partial charge in [-0.25, -0.2) is 9.78 Å². The Labute approximate surface area is 176 Å². The predicted molar refractivity (Wildman–Crippen MR) is 119 cm³/mol. The minimum atomic E-state index is -0.0461. The number of benzene rings is 2. The van der Waals surface area contributed by atoms with Crippen molar-refractivity contribution in [2.24, 2.45) is 5.92 Å². The number of hydrogen-bond acceptors (Lipinski definition) is 4. The molecule has 0 fully saturated rings. The highest BCUT2D eigenvalue weighted by atomic mass is 32.1. The number of thiazole rings is 1. The number of fused-ring (bicyclic) bond motifs is 1. The zero-order chi connectivity index (χ0) is 20.8. The number of urea groups is 1. The second-order valence-corrected chi connectivity index (χ2v) is 8.82. The molecule has 0 spiro atoms. The number of rotatable bonds is 8. The lowest BCUT2D eigenvalue weighted by molar-refractivity contribution is 0.184. The fourth-order valence-electron chi connectivity index (χ4n) is 3.14. The maximum Gasteiger partial charge on any atom is 0.317 e. The van der Waals surface area contributed by atoms with E-state index < -0.39 is 0 Å². The Balaban J connectivity index is 1.65. The Morgan fingerprint density at radius 2 is 1.90 bits per heavy atom. The summed E-state index contributed by atoms with van der Waals surface area (Å²) in [4.78, 5) is 19.0. The molecule has 0 unspecified atom stereocenters. The van der Waals surface area contributed by atoms with Gasteiger partial charge in [-0.2, -0.15) is 0 Å². The molecular weight excluding hydrogens is 382 g/mol. The van der Waals surface area contributed by atoms with Crippen molar-refractivity contribution in [1.82, 2.24) is 15.2 Å². The molecule has 0 aliphatic rings. The summed E-state index contributed by atoms with van der Waals surface area (Å²) in [5.41, 5.74) is 0.895. The standard InChI is InChI=1S/C23H29N3O2S/c1-16(2)12-26(23(27)24-17(3)4)13-19-15-29-22(25-19)14-28-21-11-7-9-18-8-5-6-10-20(18)21/h5-11,15-17H,12-14H2,1-4H3,(H,24,27). The molecule has 1 aromatic heterocycles. The molecule has 3 rings (SSSR count). The number of carbonyl (C=O) groups excluding carboxylic acids is 1. The van der Waals surface area contributed by atoms with E-state index in [1.807, 2.05) is 48.4 Å². The van der Waals surface area contributed by atoms with Gasteiger partial charge in [0.25, 0.3) is 0 Å². The van der Waals surface area contributed by atoms with Gasteiger partial charge >= 0.3 is 6.03 Å². The maximum atomic E-state index is 12.5. The average Bonchev–Trinajstić information content (AvgIpc) is 3.12. The molecule has 0 saturated carbocycles. The molecule has 2 amide bonds. The van der Waals surface area contributed by atoms with Crippen molar-refractivity contribution in [2.45, 2.75) is 46.9 Å². The van der Waals surface area contributed by atoms with Gasteiger partial charge in [-0.05, 0) is 31.2 Å². The third kappa shape index (κ3) is 5.94. The lowest BCUT2D eigenvalue weighted by Gasteiger charge is -2.25. The fourth-order valence-corrected chi connectivity index (χ4v) is 3.84. The van der Waals surface area contributed by atoms with Crippen molar-refractivity contribution < 1.29 is 9.53 Å². The van der Waals surface area contributed by atoms with E-state index >= 15 is 0 Å². The van der Waals surface area contributed by atoms with Gasteiger partial charge in [0.1, 0.15) is 17.4 Å². The highest BCUT2D eigenvalue weighted by Gasteiger charge is 2.17. The number of nitrogens with one attached hydrogen (secondary N) is 1. The summed E-state index contributed by atoms with van der Waals surface area (Å²) in [6.45, 7) is 9.77. The summed E-state index contributed by atoms with van der Waals surface area (Å²) in [5.74, 6) is 1.25. The van der Waals surface area contributed by atoms with Crippen LogP contribution >= 0.6 is 11.3 Å². The van der Waals surface area contributed by atoms with Gasteiger partial charge in [-0.3, -0.25) is 0 Å². The van der Waals surface area contributed by atoms with Gasteiger partial charge in [0.2, 0.25) is 0 Å². The first kappa shape index (κ1) is 21.1. The van der Waals surface area contributed by atoms with Crippen molar-refractivity contribution in [2.75, 3.05) is 6.54 Å². The molecule has 154 valence electrons. The minimum Gasteiger partial charge on any atom is -0.486 e. The molecule has 6 heteroatoms. The number of aromatic nitrogens is 1. The molecule has 5 nitrogen and oxygen atoms in total. The summed E-state index contributed by atoms with van der Waals surface area (Å²) in [7, 11) is 0. The van der Waals surface area contributed by atoms with E-state index in [1.165, 1.54) is 0 Å². The van der Waals surface area contributed by atoms with Crippen LogP contribution in [0.1, 0.15) is 38.4 Å². The van der Waals surface area contributed by atoms with Gasteiger partial charge in [0.15, 0.2) is 0 Å². The summed E-state index contributed by atoms with van der Waals surface area (Å²) < 4.78 is 6.04. The number of nitrogens with zero attached hydrogens (tertiary/aromatic N) is 2. The lowest BCUT2D eigenvalue weighted by atomic mass is 10.1. The first-order valence-electron chi connectivity index (χ1n) is 10.0. The maximum absolute atomic E-state index is 12.5.